The van der Waals surface area contributed by atoms with Crippen LogP contribution in [0.2, 0.25) is 0 Å². The molecular formula is C14H22N2O3. The van der Waals surface area contributed by atoms with E-state index in [1.807, 2.05) is 19.1 Å². The van der Waals surface area contributed by atoms with Crippen molar-refractivity contribution in [2.45, 2.75) is 25.8 Å². The van der Waals surface area contributed by atoms with Crippen LogP contribution in [0.5, 0.6) is 0 Å². The Kier molecular flexibility index (Phi) is 5.42. The summed E-state index contributed by atoms with van der Waals surface area (Å²) in [5.74, 6) is 1.01. The zero-order valence-corrected chi connectivity index (χ0v) is 11.4. The number of nitrogens with zero attached hydrogens (tertiary/aromatic N) is 1. The molecule has 5 heteroatoms. The second-order valence-corrected chi connectivity index (χ2v) is 4.73. The van der Waals surface area contributed by atoms with Gasteiger partial charge in [-0.15, -0.1) is 0 Å². The minimum atomic E-state index is 0.0970. The van der Waals surface area contributed by atoms with E-state index >= 15 is 0 Å². The highest BCUT2D eigenvalue weighted by molar-refractivity contribution is 5.75. The molecule has 1 fully saturated rings. The number of hydrogen-bond donors (Lipinski definition) is 1. The number of furan rings is 1. The quantitative estimate of drug-likeness (QED) is 0.849. The molecule has 0 aromatic carbocycles. The third kappa shape index (κ3) is 4.08. The lowest BCUT2D eigenvalue weighted by Gasteiger charge is -2.33. The summed E-state index contributed by atoms with van der Waals surface area (Å²) < 4.78 is 10.9. The van der Waals surface area contributed by atoms with Crippen LogP contribution < -0.4 is 5.32 Å². The van der Waals surface area contributed by atoms with E-state index in [-0.39, 0.29) is 11.9 Å². The Bertz CT molecular complexity index is 372. The van der Waals surface area contributed by atoms with Crippen molar-refractivity contribution in [1.82, 2.24) is 10.2 Å². The van der Waals surface area contributed by atoms with Crippen LogP contribution in [0, 0.1) is 0 Å². The van der Waals surface area contributed by atoms with Gasteiger partial charge in [0, 0.05) is 26.1 Å². The Morgan fingerprint density at radius 2 is 2.26 bits per heavy atom. The van der Waals surface area contributed by atoms with Crippen LogP contribution in [0.15, 0.2) is 22.8 Å². The Balaban J connectivity index is 1.96. The van der Waals surface area contributed by atoms with E-state index in [1.165, 1.54) is 0 Å². The normalized spacial score (nSPS) is 18.2. The first kappa shape index (κ1) is 14.1. The van der Waals surface area contributed by atoms with E-state index in [0.717, 1.165) is 38.5 Å². The first-order valence-electron chi connectivity index (χ1n) is 6.93. The van der Waals surface area contributed by atoms with E-state index in [9.17, 15) is 4.79 Å². The van der Waals surface area contributed by atoms with Crippen molar-refractivity contribution >= 4 is 5.91 Å². The molecule has 1 aliphatic rings. The first-order chi connectivity index (χ1) is 9.31. The van der Waals surface area contributed by atoms with Gasteiger partial charge in [0.1, 0.15) is 5.76 Å². The summed E-state index contributed by atoms with van der Waals surface area (Å²) in [5, 5.41) is 2.99. The van der Waals surface area contributed by atoms with Gasteiger partial charge in [-0.05, 0) is 18.6 Å². The van der Waals surface area contributed by atoms with Crippen LogP contribution in [0.3, 0.4) is 0 Å². The lowest BCUT2D eigenvalue weighted by molar-refractivity contribution is -0.121. The molecule has 0 saturated carbocycles. The summed E-state index contributed by atoms with van der Waals surface area (Å²) in [6.45, 7) is 5.81. The molecule has 2 heterocycles. The van der Waals surface area contributed by atoms with Gasteiger partial charge in [-0.3, -0.25) is 9.69 Å². The summed E-state index contributed by atoms with van der Waals surface area (Å²) in [6.07, 6.45) is 3.12. The molecule has 106 valence electrons. The number of rotatable bonds is 6. The predicted molar refractivity (Wildman–Crippen MR) is 71.8 cm³/mol. The second kappa shape index (κ2) is 7.31. The molecule has 0 aliphatic carbocycles. The average Bonchev–Trinajstić information content (AvgIpc) is 2.94. The van der Waals surface area contributed by atoms with Gasteiger partial charge >= 0.3 is 0 Å². The molecule has 1 atom stereocenters. The Morgan fingerprint density at radius 3 is 2.89 bits per heavy atom. The van der Waals surface area contributed by atoms with Gasteiger partial charge in [0.05, 0.1) is 25.5 Å². The van der Waals surface area contributed by atoms with Crippen molar-refractivity contribution in [2.75, 3.05) is 32.8 Å². The molecule has 1 aromatic heterocycles. The average molecular weight is 266 g/mol. The molecule has 5 nitrogen and oxygen atoms in total. The third-order valence-electron chi connectivity index (χ3n) is 3.33. The zero-order valence-electron chi connectivity index (χ0n) is 11.4. The van der Waals surface area contributed by atoms with E-state index < -0.39 is 0 Å². The van der Waals surface area contributed by atoms with Gasteiger partial charge in [-0.1, -0.05) is 6.92 Å². The predicted octanol–water partition coefficient (Wildman–Crippen LogP) is 1.57. The summed E-state index contributed by atoms with van der Waals surface area (Å²) >= 11 is 0. The van der Waals surface area contributed by atoms with Crippen molar-refractivity contribution in [3.8, 4) is 0 Å². The molecule has 0 radical (unpaired) electrons. The summed E-state index contributed by atoms with van der Waals surface area (Å²) in [5.41, 5.74) is 0. The maximum absolute atomic E-state index is 11.6. The molecule has 1 amide bonds. The third-order valence-corrected chi connectivity index (χ3v) is 3.33. The topological polar surface area (TPSA) is 54.7 Å². The maximum Gasteiger partial charge on any atom is 0.220 e. The van der Waals surface area contributed by atoms with Gasteiger partial charge in [-0.2, -0.15) is 0 Å². The summed E-state index contributed by atoms with van der Waals surface area (Å²) in [6, 6.07) is 3.95. The van der Waals surface area contributed by atoms with Crippen molar-refractivity contribution in [3.63, 3.8) is 0 Å². The standard InChI is InChI=1S/C14H22N2O3/c1-2-4-14(17)15-11-12(13-5-3-8-19-13)16-6-9-18-10-7-16/h3,5,8,12H,2,4,6-7,9-11H2,1H3,(H,15,17). The molecule has 19 heavy (non-hydrogen) atoms. The zero-order chi connectivity index (χ0) is 13.5. The van der Waals surface area contributed by atoms with Crippen molar-refractivity contribution < 1.29 is 13.9 Å². The lowest BCUT2D eigenvalue weighted by Crippen LogP contribution is -2.43. The number of amides is 1. The monoisotopic (exact) mass is 266 g/mol. The van der Waals surface area contributed by atoms with Crippen molar-refractivity contribution in [2.24, 2.45) is 0 Å². The van der Waals surface area contributed by atoms with E-state index in [4.69, 9.17) is 9.15 Å². The molecule has 1 saturated heterocycles. The number of nitrogens with one attached hydrogen (secondary N) is 1. The minimum Gasteiger partial charge on any atom is -0.468 e. The maximum atomic E-state index is 11.6. The van der Waals surface area contributed by atoms with Crippen LogP contribution >= 0.6 is 0 Å². The van der Waals surface area contributed by atoms with Gasteiger partial charge in [0.2, 0.25) is 5.91 Å². The molecule has 0 spiro atoms. The van der Waals surface area contributed by atoms with Gasteiger partial charge in [-0.25, -0.2) is 0 Å². The lowest BCUT2D eigenvalue weighted by atomic mass is 10.1. The number of carbonyl (C=O) groups excluding carboxylic acids is 1. The fraction of sp³-hybridized carbons (Fsp3) is 0.643. The fourth-order valence-corrected chi connectivity index (χ4v) is 2.31. The summed E-state index contributed by atoms with van der Waals surface area (Å²) in [7, 11) is 0. The Hall–Kier alpha value is -1.33. The largest absolute Gasteiger partial charge is 0.468 e. The smallest absolute Gasteiger partial charge is 0.220 e. The van der Waals surface area contributed by atoms with Gasteiger partial charge in [0.15, 0.2) is 0 Å². The van der Waals surface area contributed by atoms with Crippen molar-refractivity contribution in [1.29, 1.82) is 0 Å². The highest BCUT2D eigenvalue weighted by Crippen LogP contribution is 2.21. The summed E-state index contributed by atoms with van der Waals surface area (Å²) in [4.78, 5) is 13.9. The van der Waals surface area contributed by atoms with E-state index in [1.54, 1.807) is 6.26 Å². The minimum absolute atomic E-state index is 0.0970. The Labute approximate surface area is 113 Å². The fourth-order valence-electron chi connectivity index (χ4n) is 2.31. The highest BCUT2D eigenvalue weighted by atomic mass is 16.5. The second-order valence-electron chi connectivity index (χ2n) is 4.73. The molecule has 1 N–H and O–H groups in total. The SMILES string of the molecule is CCCC(=O)NCC(c1ccco1)N1CCOCC1. The van der Waals surface area contributed by atoms with Gasteiger partial charge in [0.25, 0.3) is 0 Å². The van der Waals surface area contributed by atoms with E-state index in [0.29, 0.717) is 13.0 Å². The first-order valence-corrected chi connectivity index (χ1v) is 6.93. The number of morpholine rings is 1. The van der Waals surface area contributed by atoms with E-state index in [2.05, 4.69) is 10.2 Å². The molecule has 1 unspecified atom stereocenters. The number of hydrogen-bond acceptors (Lipinski definition) is 4. The van der Waals surface area contributed by atoms with Crippen LogP contribution in [0.25, 0.3) is 0 Å². The van der Waals surface area contributed by atoms with Crippen LogP contribution in [0.1, 0.15) is 31.6 Å². The molecular weight excluding hydrogens is 244 g/mol. The van der Waals surface area contributed by atoms with Gasteiger partial charge < -0.3 is 14.5 Å². The molecule has 2 rings (SSSR count). The molecule has 0 bridgehead atoms. The highest BCUT2D eigenvalue weighted by Gasteiger charge is 2.24. The Morgan fingerprint density at radius 1 is 1.47 bits per heavy atom. The molecule has 1 aliphatic heterocycles. The number of carbonyl (C=O) groups is 1. The van der Waals surface area contributed by atoms with Crippen LogP contribution in [0.4, 0.5) is 0 Å². The molecule has 1 aromatic rings. The van der Waals surface area contributed by atoms with Crippen LogP contribution in [-0.4, -0.2) is 43.7 Å². The number of ether oxygens (including phenoxy) is 1. The van der Waals surface area contributed by atoms with Crippen LogP contribution in [-0.2, 0) is 9.53 Å². The van der Waals surface area contributed by atoms with Crippen molar-refractivity contribution in [3.05, 3.63) is 24.2 Å².